The van der Waals surface area contributed by atoms with E-state index in [9.17, 15) is 21.6 Å². The number of benzene rings is 3. The summed E-state index contributed by atoms with van der Waals surface area (Å²) < 4.78 is 53.7. The number of sulfone groups is 2. The van der Waals surface area contributed by atoms with Crippen molar-refractivity contribution in [2.75, 3.05) is 25.2 Å². The lowest BCUT2D eigenvalue weighted by atomic mass is 9.91. The van der Waals surface area contributed by atoms with Crippen LogP contribution >= 0.6 is 23.2 Å². The predicted octanol–water partition coefficient (Wildman–Crippen LogP) is 5.79. The minimum Gasteiger partial charge on any atom is -0.384 e. The molecule has 0 aliphatic rings. The highest BCUT2D eigenvalue weighted by molar-refractivity contribution is 7.91. The molecule has 3 rings (SSSR count). The van der Waals surface area contributed by atoms with Crippen molar-refractivity contribution in [2.45, 2.75) is 36.0 Å². The second-order valence-corrected chi connectivity index (χ2v) is 13.9. The van der Waals surface area contributed by atoms with Gasteiger partial charge in [0.2, 0.25) is 0 Å². The van der Waals surface area contributed by atoms with Crippen LogP contribution in [-0.2, 0) is 35.6 Å². The van der Waals surface area contributed by atoms with E-state index >= 15 is 0 Å². The zero-order valence-electron chi connectivity index (χ0n) is 20.7. The lowest BCUT2D eigenvalue weighted by Crippen LogP contribution is -2.20. The molecule has 0 heterocycles. The van der Waals surface area contributed by atoms with Crippen LogP contribution in [0.25, 0.3) is 11.1 Å². The number of carbonyl (C=O) groups is 1. The van der Waals surface area contributed by atoms with Gasteiger partial charge < -0.3 is 4.74 Å². The van der Waals surface area contributed by atoms with Gasteiger partial charge in [0.25, 0.3) is 0 Å². The molecular formula is C27H28Cl2O6S2. The second kappa shape index (κ2) is 12.1. The van der Waals surface area contributed by atoms with Gasteiger partial charge in [0, 0.05) is 19.1 Å². The quantitative estimate of drug-likeness (QED) is 0.284. The summed E-state index contributed by atoms with van der Waals surface area (Å²) >= 11 is 13.1. The average Bonchev–Trinajstić information content (AvgIpc) is 2.87. The Hall–Kier alpha value is -2.23. The van der Waals surface area contributed by atoms with Crippen LogP contribution < -0.4 is 0 Å². The maximum absolute atomic E-state index is 13.2. The van der Waals surface area contributed by atoms with Crippen LogP contribution in [0.15, 0.2) is 70.5 Å². The molecule has 37 heavy (non-hydrogen) atoms. The van der Waals surface area contributed by atoms with E-state index in [0.717, 1.165) is 0 Å². The lowest BCUT2D eigenvalue weighted by molar-refractivity contribution is -0.121. The molecule has 198 valence electrons. The van der Waals surface area contributed by atoms with Gasteiger partial charge in [-0.15, -0.1) is 0 Å². The van der Waals surface area contributed by atoms with E-state index in [0.29, 0.717) is 32.3 Å². The summed E-state index contributed by atoms with van der Waals surface area (Å²) in [7, 11) is -5.18. The summed E-state index contributed by atoms with van der Waals surface area (Å²) in [6.45, 7) is 3.29. The lowest BCUT2D eigenvalue weighted by Gasteiger charge is -2.17. The second-order valence-electron chi connectivity index (χ2n) is 8.49. The minimum absolute atomic E-state index is 0.00261. The molecule has 6 nitrogen and oxygen atoms in total. The van der Waals surface area contributed by atoms with E-state index in [2.05, 4.69) is 0 Å². The fraction of sp³-hybridized carbons (Fsp3) is 0.296. The molecule has 0 aliphatic heterocycles. The maximum atomic E-state index is 13.2. The number of halogens is 2. The first-order valence-electron chi connectivity index (χ1n) is 11.6. The Morgan fingerprint density at radius 2 is 1.27 bits per heavy atom. The number of rotatable bonds is 11. The van der Waals surface area contributed by atoms with Gasteiger partial charge >= 0.3 is 0 Å². The van der Waals surface area contributed by atoms with Crippen molar-refractivity contribution < 1.29 is 26.4 Å². The van der Waals surface area contributed by atoms with Crippen molar-refractivity contribution in [3.63, 3.8) is 0 Å². The molecule has 0 N–H and O–H groups in total. The monoisotopic (exact) mass is 582 g/mol. The summed E-state index contributed by atoms with van der Waals surface area (Å²) in [5.41, 5.74) is 2.46. The van der Waals surface area contributed by atoms with Gasteiger partial charge in [-0.2, -0.15) is 0 Å². The molecule has 0 aromatic heterocycles. The van der Waals surface area contributed by atoms with Gasteiger partial charge in [-0.05, 0) is 53.1 Å². The van der Waals surface area contributed by atoms with Crippen molar-refractivity contribution in [3.8, 4) is 11.1 Å². The number of carbonyl (C=O) groups excluding carboxylic acids is 1. The van der Waals surface area contributed by atoms with Crippen LogP contribution in [-0.4, -0.2) is 47.8 Å². The molecule has 3 aromatic carbocycles. The number of ketones is 1. The fourth-order valence-corrected chi connectivity index (χ4v) is 6.46. The topological polar surface area (TPSA) is 94.6 Å². The molecule has 0 fully saturated rings. The number of hydrogen-bond acceptors (Lipinski definition) is 6. The largest absolute Gasteiger partial charge is 0.384 e. The fourth-order valence-electron chi connectivity index (χ4n) is 3.94. The highest BCUT2D eigenvalue weighted by atomic mass is 35.5. The summed E-state index contributed by atoms with van der Waals surface area (Å²) in [6.07, 6.45) is 0.0381. The van der Waals surface area contributed by atoms with Crippen LogP contribution in [0.3, 0.4) is 0 Å². The normalized spacial score (nSPS) is 12.9. The van der Waals surface area contributed by atoms with Gasteiger partial charge in [-0.25, -0.2) is 16.8 Å². The van der Waals surface area contributed by atoms with E-state index in [4.69, 9.17) is 27.9 Å². The standard InChI is InChI=1S/C27H28Cl2O6S2/c1-4-36(31,32)21-10-6-19(7-11-21)23(17-35-3)26(30)16-18-14-24(28)27(25(29)15-18)20-8-12-22(13-9-20)37(33,34)5-2/h6-15,23H,4-5,16-17H2,1-3H3. The number of ether oxygens (including phenoxy) is 1. The third-order valence-electron chi connectivity index (χ3n) is 6.11. The van der Waals surface area contributed by atoms with Gasteiger partial charge in [0.05, 0.1) is 43.9 Å². The van der Waals surface area contributed by atoms with E-state index < -0.39 is 25.6 Å². The van der Waals surface area contributed by atoms with Gasteiger partial charge in [-0.1, -0.05) is 61.3 Å². The van der Waals surface area contributed by atoms with E-state index in [1.807, 2.05) is 0 Å². The third-order valence-corrected chi connectivity index (χ3v) is 10.2. The smallest absolute Gasteiger partial charge is 0.178 e. The summed E-state index contributed by atoms with van der Waals surface area (Å²) in [4.78, 5) is 13.7. The Balaban J connectivity index is 1.86. The molecule has 1 atom stereocenters. The van der Waals surface area contributed by atoms with Crippen molar-refractivity contribution in [1.82, 2.24) is 0 Å². The van der Waals surface area contributed by atoms with E-state index in [-0.39, 0.29) is 40.1 Å². The van der Waals surface area contributed by atoms with Crippen molar-refractivity contribution in [3.05, 3.63) is 81.8 Å². The Morgan fingerprint density at radius 1 is 0.811 bits per heavy atom. The SMILES string of the molecule is CCS(=O)(=O)c1ccc(-c2c(Cl)cc(CC(=O)C(COC)c3ccc(S(=O)(=O)CC)cc3)cc2Cl)cc1. The molecule has 0 bridgehead atoms. The Morgan fingerprint density at radius 3 is 1.70 bits per heavy atom. The molecule has 0 spiro atoms. The van der Waals surface area contributed by atoms with Crippen LogP contribution in [0, 0.1) is 0 Å². The Labute approximate surface area is 228 Å². The summed E-state index contributed by atoms with van der Waals surface area (Å²) in [6, 6.07) is 15.9. The van der Waals surface area contributed by atoms with Gasteiger partial charge in [0.15, 0.2) is 19.7 Å². The molecule has 0 saturated heterocycles. The summed E-state index contributed by atoms with van der Waals surface area (Å²) in [5.74, 6) is -0.745. The minimum atomic E-state index is -3.34. The van der Waals surface area contributed by atoms with Crippen molar-refractivity contribution in [1.29, 1.82) is 0 Å². The first-order chi connectivity index (χ1) is 17.4. The molecule has 0 saturated carbocycles. The maximum Gasteiger partial charge on any atom is 0.178 e. The van der Waals surface area contributed by atoms with Crippen LogP contribution in [0.4, 0.5) is 0 Å². The first kappa shape index (κ1) is 29.3. The summed E-state index contributed by atoms with van der Waals surface area (Å²) in [5, 5.41) is 0.664. The molecule has 0 amide bonds. The molecule has 1 unspecified atom stereocenters. The van der Waals surface area contributed by atoms with E-state index in [1.54, 1.807) is 50.2 Å². The third kappa shape index (κ3) is 6.81. The highest BCUT2D eigenvalue weighted by Gasteiger charge is 2.23. The van der Waals surface area contributed by atoms with E-state index in [1.165, 1.54) is 31.4 Å². The van der Waals surface area contributed by atoms with Gasteiger partial charge in [-0.3, -0.25) is 4.79 Å². The Bertz CT molecular complexity index is 1460. The number of hydrogen-bond donors (Lipinski definition) is 0. The Kier molecular flexibility index (Phi) is 9.58. The zero-order chi connectivity index (χ0) is 27.4. The van der Waals surface area contributed by atoms with Crippen LogP contribution in [0.2, 0.25) is 10.0 Å². The highest BCUT2D eigenvalue weighted by Crippen LogP contribution is 2.37. The number of Topliss-reactive ketones (excluding diaryl/α,β-unsaturated/α-hetero) is 1. The van der Waals surface area contributed by atoms with Crippen molar-refractivity contribution in [2.24, 2.45) is 0 Å². The van der Waals surface area contributed by atoms with Crippen LogP contribution in [0.1, 0.15) is 30.9 Å². The van der Waals surface area contributed by atoms with Crippen LogP contribution in [0.5, 0.6) is 0 Å². The molecular weight excluding hydrogens is 555 g/mol. The first-order valence-corrected chi connectivity index (χ1v) is 15.6. The molecule has 10 heteroatoms. The van der Waals surface area contributed by atoms with Gasteiger partial charge in [0.1, 0.15) is 5.78 Å². The molecule has 0 aliphatic carbocycles. The number of methoxy groups -OCH3 is 1. The predicted molar refractivity (Wildman–Crippen MR) is 147 cm³/mol. The molecule has 0 radical (unpaired) electrons. The molecule has 3 aromatic rings. The average molecular weight is 584 g/mol. The zero-order valence-corrected chi connectivity index (χ0v) is 23.8. The van der Waals surface area contributed by atoms with Crippen molar-refractivity contribution >= 4 is 48.7 Å².